The van der Waals surface area contributed by atoms with Crippen molar-refractivity contribution >= 4 is 11.6 Å². The summed E-state index contributed by atoms with van der Waals surface area (Å²) in [7, 11) is 0. The van der Waals surface area contributed by atoms with Crippen LogP contribution in [0.25, 0.3) is 0 Å². The van der Waals surface area contributed by atoms with Crippen LogP contribution in [0, 0.1) is 6.92 Å². The highest BCUT2D eigenvalue weighted by Gasteiger charge is 2.27. The number of aromatic hydroxyl groups is 2. The molecule has 0 radical (unpaired) electrons. The molecule has 0 aromatic heterocycles. The van der Waals surface area contributed by atoms with Gasteiger partial charge < -0.3 is 15.1 Å². The lowest BCUT2D eigenvalue weighted by molar-refractivity contribution is 0.0981. The van der Waals surface area contributed by atoms with Crippen LogP contribution < -0.4 is 4.90 Å². The molecule has 108 valence electrons. The lowest BCUT2D eigenvalue weighted by Gasteiger charge is -2.30. The highest BCUT2D eigenvalue weighted by atomic mass is 16.3. The van der Waals surface area contributed by atoms with Crippen LogP contribution in [0.5, 0.6) is 11.5 Å². The lowest BCUT2D eigenvalue weighted by Crippen LogP contribution is -2.35. The molecule has 0 saturated heterocycles. The molecular weight excluding hydrogens is 266 g/mol. The molecule has 1 heterocycles. The van der Waals surface area contributed by atoms with E-state index in [-0.39, 0.29) is 23.0 Å². The van der Waals surface area contributed by atoms with Gasteiger partial charge in [-0.15, -0.1) is 0 Å². The Labute approximate surface area is 123 Å². The van der Waals surface area contributed by atoms with Crippen LogP contribution in [0.15, 0.2) is 36.4 Å². The maximum Gasteiger partial charge on any atom is 0.262 e. The SMILES string of the molecule is Cc1ccc(O)c(C(=O)N2CCCc3cccc(O)c32)c1. The predicted molar refractivity (Wildman–Crippen MR) is 80.9 cm³/mol. The lowest BCUT2D eigenvalue weighted by atomic mass is 9.99. The molecule has 3 rings (SSSR count). The first-order valence-corrected chi connectivity index (χ1v) is 7.00. The molecule has 1 amide bonds. The summed E-state index contributed by atoms with van der Waals surface area (Å²) in [5, 5.41) is 20.0. The average Bonchev–Trinajstić information content (AvgIpc) is 2.49. The first kappa shape index (κ1) is 13.5. The van der Waals surface area contributed by atoms with Crippen molar-refractivity contribution in [3.8, 4) is 11.5 Å². The van der Waals surface area contributed by atoms with Crippen LogP contribution in [-0.4, -0.2) is 22.7 Å². The van der Waals surface area contributed by atoms with Crippen LogP contribution >= 0.6 is 0 Å². The summed E-state index contributed by atoms with van der Waals surface area (Å²) in [6.45, 7) is 2.41. The van der Waals surface area contributed by atoms with Gasteiger partial charge in [-0.2, -0.15) is 0 Å². The zero-order chi connectivity index (χ0) is 15.0. The van der Waals surface area contributed by atoms with E-state index in [2.05, 4.69) is 0 Å². The molecule has 2 N–H and O–H groups in total. The number of aryl methyl sites for hydroxylation is 2. The molecule has 21 heavy (non-hydrogen) atoms. The zero-order valence-electron chi connectivity index (χ0n) is 11.8. The van der Waals surface area contributed by atoms with E-state index in [1.54, 1.807) is 29.2 Å². The minimum absolute atomic E-state index is 0.0341. The second-order valence-electron chi connectivity index (χ2n) is 5.37. The Bertz CT molecular complexity index is 709. The van der Waals surface area contributed by atoms with Gasteiger partial charge in [0, 0.05) is 6.54 Å². The van der Waals surface area contributed by atoms with E-state index in [9.17, 15) is 15.0 Å². The number of amides is 1. The summed E-state index contributed by atoms with van der Waals surface area (Å²) >= 11 is 0. The number of anilines is 1. The monoisotopic (exact) mass is 283 g/mol. The summed E-state index contributed by atoms with van der Waals surface area (Å²) < 4.78 is 0. The van der Waals surface area contributed by atoms with Gasteiger partial charge in [-0.3, -0.25) is 4.79 Å². The maximum atomic E-state index is 12.7. The Morgan fingerprint density at radius 2 is 1.95 bits per heavy atom. The Morgan fingerprint density at radius 3 is 2.76 bits per heavy atom. The molecule has 1 aliphatic rings. The largest absolute Gasteiger partial charge is 0.507 e. The van der Waals surface area contributed by atoms with Gasteiger partial charge in [-0.05, 0) is 43.5 Å². The number of hydrogen-bond donors (Lipinski definition) is 2. The number of nitrogens with zero attached hydrogens (tertiary/aromatic N) is 1. The van der Waals surface area contributed by atoms with E-state index in [4.69, 9.17) is 0 Å². The highest BCUT2D eigenvalue weighted by molar-refractivity contribution is 6.09. The van der Waals surface area contributed by atoms with Crippen LogP contribution in [0.3, 0.4) is 0 Å². The summed E-state index contributed by atoms with van der Waals surface area (Å²) in [6.07, 6.45) is 1.68. The molecule has 0 unspecified atom stereocenters. The van der Waals surface area contributed by atoms with Crippen molar-refractivity contribution in [3.63, 3.8) is 0 Å². The minimum atomic E-state index is -0.279. The predicted octanol–water partition coefficient (Wildman–Crippen LogP) is 3.00. The Kier molecular flexibility index (Phi) is 3.29. The number of phenols is 2. The minimum Gasteiger partial charge on any atom is -0.507 e. The van der Waals surface area contributed by atoms with Gasteiger partial charge >= 0.3 is 0 Å². The fourth-order valence-electron chi connectivity index (χ4n) is 2.80. The molecule has 4 heteroatoms. The van der Waals surface area contributed by atoms with Gasteiger partial charge in [-0.25, -0.2) is 0 Å². The van der Waals surface area contributed by atoms with Crippen LogP contribution in [0.1, 0.15) is 27.9 Å². The van der Waals surface area contributed by atoms with Crippen molar-refractivity contribution in [1.82, 2.24) is 0 Å². The second kappa shape index (κ2) is 5.13. The van der Waals surface area contributed by atoms with Crippen molar-refractivity contribution in [2.45, 2.75) is 19.8 Å². The zero-order valence-corrected chi connectivity index (χ0v) is 11.8. The Balaban J connectivity index is 2.06. The first-order valence-electron chi connectivity index (χ1n) is 7.00. The van der Waals surface area contributed by atoms with Crippen LogP contribution in [0.2, 0.25) is 0 Å². The third-order valence-electron chi connectivity index (χ3n) is 3.82. The summed E-state index contributed by atoms with van der Waals surface area (Å²) in [5.41, 5.74) is 2.70. The van der Waals surface area contributed by atoms with E-state index < -0.39 is 0 Å². The molecule has 0 bridgehead atoms. The van der Waals surface area contributed by atoms with E-state index in [1.807, 2.05) is 13.0 Å². The van der Waals surface area contributed by atoms with Gasteiger partial charge in [0.15, 0.2) is 0 Å². The van der Waals surface area contributed by atoms with Crippen molar-refractivity contribution in [2.75, 3.05) is 11.4 Å². The smallest absolute Gasteiger partial charge is 0.262 e. The average molecular weight is 283 g/mol. The van der Waals surface area contributed by atoms with Gasteiger partial charge in [-0.1, -0.05) is 23.8 Å². The number of carbonyl (C=O) groups excluding carboxylic acids is 1. The van der Waals surface area contributed by atoms with E-state index in [1.165, 1.54) is 6.07 Å². The molecule has 0 saturated carbocycles. The molecule has 2 aromatic carbocycles. The number of hydrogen-bond acceptors (Lipinski definition) is 3. The molecule has 4 nitrogen and oxygen atoms in total. The van der Waals surface area contributed by atoms with Crippen molar-refractivity contribution < 1.29 is 15.0 Å². The Morgan fingerprint density at radius 1 is 1.14 bits per heavy atom. The third kappa shape index (κ3) is 2.33. The fourth-order valence-corrected chi connectivity index (χ4v) is 2.80. The maximum absolute atomic E-state index is 12.7. The molecule has 0 aliphatic carbocycles. The summed E-state index contributed by atoms with van der Waals surface area (Å²) in [6, 6.07) is 10.2. The topological polar surface area (TPSA) is 60.8 Å². The van der Waals surface area contributed by atoms with Gasteiger partial charge in [0.25, 0.3) is 5.91 Å². The number of para-hydroxylation sites is 1. The number of fused-ring (bicyclic) bond motifs is 1. The van der Waals surface area contributed by atoms with Crippen LogP contribution in [0.4, 0.5) is 5.69 Å². The molecule has 1 aliphatic heterocycles. The van der Waals surface area contributed by atoms with E-state index in [0.29, 0.717) is 12.2 Å². The normalized spacial score (nSPS) is 13.9. The first-order chi connectivity index (χ1) is 10.1. The summed E-state index contributed by atoms with van der Waals surface area (Å²) in [5.74, 6) is -0.209. The van der Waals surface area contributed by atoms with Crippen molar-refractivity contribution in [3.05, 3.63) is 53.1 Å². The van der Waals surface area contributed by atoms with Gasteiger partial charge in [0.1, 0.15) is 11.5 Å². The molecular formula is C17H17NO3. The van der Waals surface area contributed by atoms with Crippen molar-refractivity contribution in [2.24, 2.45) is 0 Å². The second-order valence-corrected chi connectivity index (χ2v) is 5.37. The standard InChI is InChI=1S/C17H17NO3/c1-11-7-8-14(19)13(10-11)17(21)18-9-3-5-12-4-2-6-15(20)16(12)18/h2,4,6-8,10,19-20H,3,5,9H2,1H3. The van der Waals surface area contributed by atoms with E-state index in [0.717, 1.165) is 24.0 Å². The Hall–Kier alpha value is -2.49. The van der Waals surface area contributed by atoms with Gasteiger partial charge in [0.2, 0.25) is 0 Å². The number of phenolic OH excluding ortho intramolecular Hbond substituents is 2. The molecule has 0 spiro atoms. The van der Waals surface area contributed by atoms with Gasteiger partial charge in [0.05, 0.1) is 11.3 Å². The fraction of sp³-hybridized carbons (Fsp3) is 0.235. The number of carbonyl (C=O) groups is 1. The quantitative estimate of drug-likeness (QED) is 0.845. The highest BCUT2D eigenvalue weighted by Crippen LogP contribution is 2.37. The molecule has 2 aromatic rings. The summed E-state index contributed by atoms with van der Waals surface area (Å²) in [4.78, 5) is 14.3. The van der Waals surface area contributed by atoms with Crippen LogP contribution in [-0.2, 0) is 6.42 Å². The van der Waals surface area contributed by atoms with E-state index >= 15 is 0 Å². The van der Waals surface area contributed by atoms with Crippen molar-refractivity contribution in [1.29, 1.82) is 0 Å². The third-order valence-corrected chi connectivity index (χ3v) is 3.82. The molecule has 0 atom stereocenters. The number of benzene rings is 2. The number of rotatable bonds is 1. The molecule has 0 fully saturated rings.